The summed E-state index contributed by atoms with van der Waals surface area (Å²) in [6.07, 6.45) is 2.06. The van der Waals surface area contributed by atoms with Crippen LogP contribution in [0.3, 0.4) is 0 Å². The molecule has 0 aromatic heterocycles. The Balaban J connectivity index is 0.00000192. The molecule has 0 spiro atoms. The van der Waals surface area contributed by atoms with Crippen LogP contribution < -0.4 is 0 Å². The normalized spacial score (nSPS) is 19.5. The fraction of sp³-hybridized carbons (Fsp3) is 0.368. The van der Waals surface area contributed by atoms with Gasteiger partial charge in [0.05, 0.1) is 6.61 Å². The minimum atomic E-state index is -0.336. The van der Waals surface area contributed by atoms with Gasteiger partial charge in [0.25, 0.3) is 0 Å². The predicted molar refractivity (Wildman–Crippen MR) is 102 cm³/mol. The Kier molecular flexibility index (Phi) is 6.26. The number of ether oxygens (including phenoxy) is 1. The standard InChI is InChI=1S/C19H22ClNO.BrH/c1-21(2)13-5-12-19(16-8-10-17(20)11-9-16)18-7-4-3-6-15(18)14-22-19;/h3-4,6-11H,5,12-14H2,1-2H3;1H. The SMILES string of the molecule is Br.CN(C)CCCC1(c2ccc(Cl)cc2)OCc2ccccc21. The number of fused-ring (bicyclic) bond motifs is 1. The minimum Gasteiger partial charge on any atom is -0.361 e. The van der Waals surface area contributed by atoms with Gasteiger partial charge in [-0.15, -0.1) is 17.0 Å². The molecule has 2 aromatic carbocycles. The maximum Gasteiger partial charge on any atom is 0.119 e. The molecule has 0 N–H and O–H groups in total. The molecule has 1 unspecified atom stereocenters. The third-order valence-corrected chi connectivity index (χ3v) is 4.62. The molecule has 0 amide bonds. The molecule has 2 nitrogen and oxygen atoms in total. The van der Waals surface area contributed by atoms with E-state index in [0.29, 0.717) is 6.61 Å². The van der Waals surface area contributed by atoms with Crippen molar-refractivity contribution in [3.05, 3.63) is 70.2 Å². The highest BCUT2D eigenvalue weighted by molar-refractivity contribution is 8.93. The first kappa shape index (κ1) is 18.5. The summed E-state index contributed by atoms with van der Waals surface area (Å²) >= 11 is 6.06. The third kappa shape index (κ3) is 3.80. The number of hydrogen-bond donors (Lipinski definition) is 0. The molecule has 2 aromatic rings. The average Bonchev–Trinajstić information content (AvgIpc) is 2.88. The number of hydrogen-bond acceptors (Lipinski definition) is 2. The monoisotopic (exact) mass is 395 g/mol. The van der Waals surface area contributed by atoms with E-state index in [2.05, 4.69) is 55.4 Å². The fourth-order valence-corrected chi connectivity index (χ4v) is 3.40. The topological polar surface area (TPSA) is 12.5 Å². The van der Waals surface area contributed by atoms with Gasteiger partial charge in [0.2, 0.25) is 0 Å². The van der Waals surface area contributed by atoms with Gasteiger partial charge in [0.15, 0.2) is 0 Å². The fourth-order valence-electron chi connectivity index (χ4n) is 3.27. The van der Waals surface area contributed by atoms with Gasteiger partial charge in [-0.3, -0.25) is 0 Å². The van der Waals surface area contributed by atoms with Crippen molar-refractivity contribution in [2.24, 2.45) is 0 Å². The molecule has 1 heterocycles. The van der Waals surface area contributed by atoms with Gasteiger partial charge in [-0.05, 0) is 62.3 Å². The molecule has 0 fully saturated rings. The summed E-state index contributed by atoms with van der Waals surface area (Å²) in [5.41, 5.74) is 3.45. The van der Waals surface area contributed by atoms with E-state index in [1.165, 1.54) is 16.7 Å². The summed E-state index contributed by atoms with van der Waals surface area (Å²) in [6.45, 7) is 1.74. The zero-order valence-corrected chi connectivity index (χ0v) is 16.1. The van der Waals surface area contributed by atoms with E-state index < -0.39 is 0 Å². The van der Waals surface area contributed by atoms with Crippen LogP contribution in [0, 0.1) is 0 Å². The zero-order valence-electron chi connectivity index (χ0n) is 13.6. The molecular weight excluding hydrogens is 374 g/mol. The average molecular weight is 397 g/mol. The Hall–Kier alpha value is -0.870. The summed E-state index contributed by atoms with van der Waals surface area (Å²) < 4.78 is 6.36. The van der Waals surface area contributed by atoms with Gasteiger partial charge in [-0.1, -0.05) is 48.0 Å². The highest BCUT2D eigenvalue weighted by Gasteiger charge is 2.40. The molecule has 1 atom stereocenters. The van der Waals surface area contributed by atoms with Gasteiger partial charge >= 0.3 is 0 Å². The molecule has 4 heteroatoms. The van der Waals surface area contributed by atoms with Crippen molar-refractivity contribution in [1.82, 2.24) is 4.90 Å². The van der Waals surface area contributed by atoms with Crippen molar-refractivity contribution in [1.29, 1.82) is 0 Å². The molecule has 1 aliphatic rings. The smallest absolute Gasteiger partial charge is 0.119 e. The van der Waals surface area contributed by atoms with Crippen molar-refractivity contribution in [3.8, 4) is 0 Å². The van der Waals surface area contributed by atoms with Crippen LogP contribution in [0.25, 0.3) is 0 Å². The van der Waals surface area contributed by atoms with Gasteiger partial charge in [0.1, 0.15) is 5.60 Å². The number of nitrogens with zero attached hydrogens (tertiary/aromatic N) is 1. The second-order valence-electron chi connectivity index (χ2n) is 6.19. The lowest BCUT2D eigenvalue weighted by Gasteiger charge is -2.31. The van der Waals surface area contributed by atoms with E-state index in [9.17, 15) is 0 Å². The van der Waals surface area contributed by atoms with Crippen LogP contribution in [-0.4, -0.2) is 25.5 Å². The summed E-state index contributed by atoms with van der Waals surface area (Å²) in [5, 5.41) is 0.762. The molecular formula is C19H23BrClNO. The van der Waals surface area contributed by atoms with E-state index in [-0.39, 0.29) is 22.6 Å². The minimum absolute atomic E-state index is 0. The first-order valence-corrected chi connectivity index (χ1v) is 8.13. The number of halogens is 2. The van der Waals surface area contributed by atoms with E-state index in [1.54, 1.807) is 0 Å². The van der Waals surface area contributed by atoms with Crippen molar-refractivity contribution < 1.29 is 4.74 Å². The quantitative estimate of drug-likeness (QED) is 0.702. The van der Waals surface area contributed by atoms with E-state index in [1.807, 2.05) is 12.1 Å². The molecule has 1 aliphatic heterocycles. The largest absolute Gasteiger partial charge is 0.361 e. The number of rotatable bonds is 5. The molecule has 124 valence electrons. The highest BCUT2D eigenvalue weighted by atomic mass is 79.9. The molecule has 0 aliphatic carbocycles. The molecule has 0 radical (unpaired) electrons. The Morgan fingerprint density at radius 2 is 1.78 bits per heavy atom. The first-order valence-electron chi connectivity index (χ1n) is 7.75. The van der Waals surface area contributed by atoms with Crippen LogP contribution >= 0.6 is 28.6 Å². The van der Waals surface area contributed by atoms with Crippen molar-refractivity contribution >= 4 is 28.6 Å². The molecule has 0 bridgehead atoms. The number of benzene rings is 2. The lowest BCUT2D eigenvalue weighted by molar-refractivity contribution is -0.0139. The van der Waals surface area contributed by atoms with Gasteiger partial charge < -0.3 is 9.64 Å². The summed E-state index contributed by atoms with van der Waals surface area (Å²) in [5.74, 6) is 0. The predicted octanol–water partition coefficient (Wildman–Crippen LogP) is 5.03. The molecule has 23 heavy (non-hydrogen) atoms. The second kappa shape index (κ2) is 7.80. The van der Waals surface area contributed by atoms with Crippen LogP contribution in [0.5, 0.6) is 0 Å². The maximum absolute atomic E-state index is 6.36. The maximum atomic E-state index is 6.36. The first-order chi connectivity index (χ1) is 10.6. The van der Waals surface area contributed by atoms with Crippen molar-refractivity contribution in [2.45, 2.75) is 25.0 Å². The van der Waals surface area contributed by atoms with E-state index in [0.717, 1.165) is 24.4 Å². The lowest BCUT2D eigenvalue weighted by Crippen LogP contribution is -2.28. The van der Waals surface area contributed by atoms with Crippen LogP contribution in [0.15, 0.2) is 48.5 Å². The van der Waals surface area contributed by atoms with Crippen LogP contribution in [0.1, 0.15) is 29.5 Å². The van der Waals surface area contributed by atoms with E-state index >= 15 is 0 Å². The Morgan fingerprint density at radius 1 is 1.09 bits per heavy atom. The van der Waals surface area contributed by atoms with Crippen LogP contribution in [0.4, 0.5) is 0 Å². The van der Waals surface area contributed by atoms with Gasteiger partial charge in [-0.25, -0.2) is 0 Å². The zero-order chi connectivity index (χ0) is 15.6. The lowest BCUT2D eigenvalue weighted by atomic mass is 9.82. The molecule has 0 saturated heterocycles. The molecule has 3 rings (SSSR count). The van der Waals surface area contributed by atoms with Crippen LogP contribution in [0.2, 0.25) is 5.02 Å². The van der Waals surface area contributed by atoms with Gasteiger partial charge in [-0.2, -0.15) is 0 Å². The Morgan fingerprint density at radius 3 is 2.48 bits per heavy atom. The Labute approximate surface area is 154 Å². The highest BCUT2D eigenvalue weighted by Crippen LogP contribution is 2.45. The van der Waals surface area contributed by atoms with Gasteiger partial charge in [0, 0.05) is 5.02 Å². The third-order valence-electron chi connectivity index (χ3n) is 4.37. The van der Waals surface area contributed by atoms with Crippen molar-refractivity contribution in [2.75, 3.05) is 20.6 Å². The summed E-state index contributed by atoms with van der Waals surface area (Å²) in [7, 11) is 4.22. The summed E-state index contributed by atoms with van der Waals surface area (Å²) in [6, 6.07) is 16.7. The molecule has 0 saturated carbocycles. The summed E-state index contributed by atoms with van der Waals surface area (Å²) in [4.78, 5) is 2.22. The van der Waals surface area contributed by atoms with Crippen LogP contribution in [-0.2, 0) is 16.9 Å². The Bertz CT molecular complexity index is 644. The second-order valence-corrected chi connectivity index (χ2v) is 6.62. The van der Waals surface area contributed by atoms with E-state index in [4.69, 9.17) is 16.3 Å². The van der Waals surface area contributed by atoms with Crippen molar-refractivity contribution in [3.63, 3.8) is 0 Å².